The Morgan fingerprint density at radius 2 is 2.10 bits per heavy atom. The lowest BCUT2D eigenvalue weighted by Crippen LogP contribution is -2.37. The van der Waals surface area contributed by atoms with Gasteiger partial charge in [0.1, 0.15) is 5.75 Å². The number of β-amino-alcohol motifs (C(OH)–C–C–N with tert-alkyl or cyclic N) is 1. The summed E-state index contributed by atoms with van der Waals surface area (Å²) in [4.78, 5) is 2.46. The predicted octanol–water partition coefficient (Wildman–Crippen LogP) is 3.38. The minimum absolute atomic E-state index is 0.474. The molecule has 1 saturated heterocycles. The van der Waals surface area contributed by atoms with Gasteiger partial charge in [-0.25, -0.2) is 0 Å². The van der Waals surface area contributed by atoms with Crippen molar-refractivity contribution >= 4 is 0 Å². The first-order valence-corrected chi connectivity index (χ1v) is 7.81. The largest absolute Gasteiger partial charge is 0.496 e. The molecule has 20 heavy (non-hydrogen) atoms. The lowest BCUT2D eigenvalue weighted by Gasteiger charge is -2.31. The van der Waals surface area contributed by atoms with Gasteiger partial charge >= 0.3 is 0 Å². The summed E-state index contributed by atoms with van der Waals surface area (Å²) in [5.74, 6) is 0.780. The standard InChI is InChI=1S/C17H27NO2/c1-3-14-9-5-4-8-12-18(14)13-16(19)15-10-6-7-11-17(15)20-2/h6-7,10-11,14,16,19H,3-5,8-9,12-13H2,1-2H3. The maximum atomic E-state index is 10.6. The number of rotatable bonds is 5. The van der Waals surface area contributed by atoms with Crippen LogP contribution in [0.2, 0.25) is 0 Å². The van der Waals surface area contributed by atoms with Crippen LogP contribution in [0.25, 0.3) is 0 Å². The fraction of sp³-hybridized carbons (Fsp3) is 0.647. The zero-order valence-corrected chi connectivity index (χ0v) is 12.7. The highest BCUT2D eigenvalue weighted by atomic mass is 16.5. The van der Waals surface area contributed by atoms with E-state index in [0.29, 0.717) is 12.6 Å². The molecule has 0 radical (unpaired) electrons. The first-order chi connectivity index (χ1) is 9.76. The molecule has 0 spiro atoms. The van der Waals surface area contributed by atoms with Crippen molar-refractivity contribution in [1.29, 1.82) is 0 Å². The molecule has 0 saturated carbocycles. The Morgan fingerprint density at radius 3 is 2.85 bits per heavy atom. The predicted molar refractivity (Wildman–Crippen MR) is 82.1 cm³/mol. The smallest absolute Gasteiger partial charge is 0.124 e. The lowest BCUT2D eigenvalue weighted by atomic mass is 10.0. The Labute approximate surface area is 122 Å². The van der Waals surface area contributed by atoms with Gasteiger partial charge in [-0.1, -0.05) is 38.0 Å². The van der Waals surface area contributed by atoms with E-state index in [-0.39, 0.29) is 0 Å². The molecular weight excluding hydrogens is 250 g/mol. The van der Waals surface area contributed by atoms with Crippen LogP contribution in [0.5, 0.6) is 5.75 Å². The zero-order valence-electron chi connectivity index (χ0n) is 12.7. The summed E-state index contributed by atoms with van der Waals surface area (Å²) in [5, 5.41) is 10.6. The highest BCUT2D eigenvalue weighted by molar-refractivity contribution is 5.35. The minimum atomic E-state index is -0.474. The molecule has 112 valence electrons. The number of likely N-dealkylation sites (tertiary alicyclic amines) is 1. The van der Waals surface area contributed by atoms with Crippen molar-refractivity contribution in [2.75, 3.05) is 20.2 Å². The molecule has 0 aromatic heterocycles. The van der Waals surface area contributed by atoms with Crippen molar-refractivity contribution in [3.8, 4) is 5.75 Å². The van der Waals surface area contributed by atoms with Crippen LogP contribution >= 0.6 is 0 Å². The van der Waals surface area contributed by atoms with E-state index in [4.69, 9.17) is 4.74 Å². The molecule has 0 amide bonds. The first-order valence-electron chi connectivity index (χ1n) is 7.81. The summed E-state index contributed by atoms with van der Waals surface area (Å²) >= 11 is 0. The van der Waals surface area contributed by atoms with Gasteiger partial charge in [-0.2, -0.15) is 0 Å². The quantitative estimate of drug-likeness (QED) is 0.895. The topological polar surface area (TPSA) is 32.7 Å². The third-order valence-corrected chi connectivity index (χ3v) is 4.38. The number of aliphatic hydroxyl groups is 1. The Kier molecular flexibility index (Phi) is 5.86. The fourth-order valence-electron chi connectivity index (χ4n) is 3.20. The minimum Gasteiger partial charge on any atom is -0.496 e. The fourth-order valence-corrected chi connectivity index (χ4v) is 3.20. The molecule has 1 heterocycles. The van der Waals surface area contributed by atoms with Crippen molar-refractivity contribution in [3.63, 3.8) is 0 Å². The number of benzene rings is 1. The van der Waals surface area contributed by atoms with E-state index in [9.17, 15) is 5.11 Å². The molecule has 0 aliphatic carbocycles. The molecule has 2 unspecified atom stereocenters. The van der Waals surface area contributed by atoms with E-state index in [2.05, 4.69) is 11.8 Å². The van der Waals surface area contributed by atoms with Gasteiger partial charge in [-0.15, -0.1) is 0 Å². The molecule has 2 rings (SSSR count). The maximum Gasteiger partial charge on any atom is 0.124 e. The molecule has 0 bridgehead atoms. The molecule has 1 aliphatic heterocycles. The number of nitrogens with zero attached hydrogens (tertiary/aromatic N) is 1. The van der Waals surface area contributed by atoms with Gasteiger partial charge in [-0.3, -0.25) is 4.90 Å². The first kappa shape index (κ1) is 15.3. The van der Waals surface area contributed by atoms with Crippen molar-refractivity contribution in [1.82, 2.24) is 4.90 Å². The molecular formula is C17H27NO2. The second kappa shape index (κ2) is 7.65. The average Bonchev–Trinajstić information content (AvgIpc) is 2.72. The summed E-state index contributed by atoms with van der Waals surface area (Å²) in [5.41, 5.74) is 0.897. The monoisotopic (exact) mass is 277 g/mol. The van der Waals surface area contributed by atoms with Crippen molar-refractivity contribution < 1.29 is 9.84 Å². The van der Waals surface area contributed by atoms with Gasteiger partial charge in [-0.05, 0) is 31.9 Å². The average molecular weight is 277 g/mol. The van der Waals surface area contributed by atoms with Gasteiger partial charge in [0.25, 0.3) is 0 Å². The number of aliphatic hydroxyl groups excluding tert-OH is 1. The van der Waals surface area contributed by atoms with Crippen LogP contribution in [0.3, 0.4) is 0 Å². The Balaban J connectivity index is 2.06. The van der Waals surface area contributed by atoms with Crippen LogP contribution in [0.1, 0.15) is 50.7 Å². The zero-order chi connectivity index (χ0) is 14.4. The molecule has 3 nitrogen and oxygen atoms in total. The summed E-state index contributed by atoms with van der Waals surface area (Å²) < 4.78 is 5.35. The number of methoxy groups -OCH3 is 1. The van der Waals surface area contributed by atoms with Crippen LogP contribution in [0, 0.1) is 0 Å². The SMILES string of the molecule is CCC1CCCCCN1CC(O)c1ccccc1OC. The number of ether oxygens (including phenoxy) is 1. The normalized spacial score (nSPS) is 22.2. The number of para-hydroxylation sites is 1. The van der Waals surface area contributed by atoms with Crippen LogP contribution in [-0.2, 0) is 0 Å². The molecule has 1 aromatic carbocycles. The molecule has 1 aliphatic rings. The Morgan fingerprint density at radius 1 is 1.30 bits per heavy atom. The number of hydrogen-bond acceptors (Lipinski definition) is 3. The van der Waals surface area contributed by atoms with Crippen LogP contribution in [0.4, 0.5) is 0 Å². The summed E-state index contributed by atoms with van der Waals surface area (Å²) in [6, 6.07) is 8.39. The van der Waals surface area contributed by atoms with Gasteiger partial charge < -0.3 is 9.84 Å². The van der Waals surface area contributed by atoms with E-state index in [1.165, 1.54) is 32.1 Å². The van der Waals surface area contributed by atoms with Gasteiger partial charge in [0.05, 0.1) is 13.2 Å². The highest BCUT2D eigenvalue weighted by Crippen LogP contribution is 2.27. The summed E-state index contributed by atoms with van der Waals surface area (Å²) in [7, 11) is 1.66. The highest BCUT2D eigenvalue weighted by Gasteiger charge is 2.23. The Hall–Kier alpha value is -1.06. The molecule has 1 N–H and O–H groups in total. The van der Waals surface area contributed by atoms with Crippen LogP contribution in [0.15, 0.2) is 24.3 Å². The molecule has 1 fully saturated rings. The maximum absolute atomic E-state index is 10.6. The molecule has 2 atom stereocenters. The van der Waals surface area contributed by atoms with Gasteiger partial charge in [0.2, 0.25) is 0 Å². The molecule has 1 aromatic rings. The summed E-state index contributed by atoms with van der Waals surface area (Å²) in [6.45, 7) is 4.06. The van der Waals surface area contributed by atoms with Crippen molar-refractivity contribution in [2.45, 2.75) is 51.2 Å². The van der Waals surface area contributed by atoms with E-state index >= 15 is 0 Å². The third-order valence-electron chi connectivity index (χ3n) is 4.38. The van der Waals surface area contributed by atoms with Crippen LogP contribution < -0.4 is 4.74 Å². The van der Waals surface area contributed by atoms with Crippen molar-refractivity contribution in [3.05, 3.63) is 29.8 Å². The number of hydrogen-bond donors (Lipinski definition) is 1. The van der Waals surface area contributed by atoms with Crippen molar-refractivity contribution in [2.24, 2.45) is 0 Å². The lowest BCUT2D eigenvalue weighted by molar-refractivity contribution is 0.0848. The van der Waals surface area contributed by atoms with E-state index < -0.39 is 6.10 Å². The van der Waals surface area contributed by atoms with Gasteiger partial charge in [0.15, 0.2) is 0 Å². The summed E-state index contributed by atoms with van der Waals surface area (Å²) in [6.07, 6.45) is 5.83. The third kappa shape index (κ3) is 3.74. The van der Waals surface area contributed by atoms with Gasteiger partial charge in [0, 0.05) is 18.2 Å². The second-order valence-corrected chi connectivity index (χ2v) is 5.66. The second-order valence-electron chi connectivity index (χ2n) is 5.66. The van der Waals surface area contributed by atoms with E-state index in [1.807, 2.05) is 24.3 Å². The van der Waals surface area contributed by atoms with Crippen LogP contribution in [-0.4, -0.2) is 36.2 Å². The van der Waals surface area contributed by atoms with E-state index in [1.54, 1.807) is 7.11 Å². The van der Waals surface area contributed by atoms with E-state index in [0.717, 1.165) is 17.9 Å². The Bertz CT molecular complexity index is 408. The molecule has 3 heteroatoms.